The molecule has 0 radical (unpaired) electrons. The Balaban J connectivity index is 2.11. The maximum Gasteiger partial charge on any atom is 0.337 e. The fourth-order valence-corrected chi connectivity index (χ4v) is 1.80. The van der Waals surface area contributed by atoms with Crippen molar-refractivity contribution < 1.29 is 9.90 Å². The number of carboxylic acids is 1. The van der Waals surface area contributed by atoms with E-state index in [-0.39, 0.29) is 11.3 Å². The molecular weight excluding hydrogens is 206 g/mol. The number of carboxylic acid groups (broad SMARTS) is 1. The number of aromatic nitrogens is 1. The molecule has 5 heteroatoms. The van der Waals surface area contributed by atoms with Gasteiger partial charge in [-0.05, 0) is 18.4 Å². The minimum absolute atomic E-state index is 0.103. The number of aromatic carboxylic acids is 1. The lowest BCUT2D eigenvalue weighted by molar-refractivity contribution is 0.0698. The van der Waals surface area contributed by atoms with E-state index in [2.05, 4.69) is 17.2 Å². The summed E-state index contributed by atoms with van der Waals surface area (Å²) in [5.41, 5.74) is 5.82. The van der Waals surface area contributed by atoms with Gasteiger partial charge < -0.3 is 16.2 Å². The van der Waals surface area contributed by atoms with Crippen LogP contribution in [-0.2, 0) is 0 Å². The highest BCUT2D eigenvalue weighted by atomic mass is 16.4. The monoisotopic (exact) mass is 221 g/mol. The smallest absolute Gasteiger partial charge is 0.337 e. The van der Waals surface area contributed by atoms with Gasteiger partial charge in [-0.3, -0.25) is 0 Å². The Labute approximate surface area is 93.7 Å². The van der Waals surface area contributed by atoms with Crippen LogP contribution in [0.15, 0.2) is 12.3 Å². The highest BCUT2D eigenvalue weighted by Gasteiger charge is 2.35. The summed E-state index contributed by atoms with van der Waals surface area (Å²) in [6.07, 6.45) is 3.65. The number of nitrogen functional groups attached to an aromatic ring is 1. The number of nitrogens with zero attached hydrogens (tertiary/aromatic N) is 1. The van der Waals surface area contributed by atoms with Crippen molar-refractivity contribution in [1.82, 2.24) is 4.98 Å². The third-order valence-corrected chi connectivity index (χ3v) is 2.95. The lowest BCUT2D eigenvalue weighted by Gasteiger charge is -2.06. The molecule has 5 nitrogen and oxygen atoms in total. The summed E-state index contributed by atoms with van der Waals surface area (Å²) in [6.45, 7) is 2.14. The van der Waals surface area contributed by atoms with E-state index in [9.17, 15) is 4.79 Å². The summed E-state index contributed by atoms with van der Waals surface area (Å²) in [7, 11) is 0. The van der Waals surface area contributed by atoms with Gasteiger partial charge in [-0.1, -0.05) is 13.3 Å². The molecule has 1 heterocycles. The van der Waals surface area contributed by atoms with Gasteiger partial charge in [0, 0.05) is 6.04 Å². The molecule has 2 atom stereocenters. The molecule has 0 amide bonds. The van der Waals surface area contributed by atoms with Crippen LogP contribution < -0.4 is 11.1 Å². The minimum atomic E-state index is -1.02. The Kier molecular flexibility index (Phi) is 2.68. The summed E-state index contributed by atoms with van der Waals surface area (Å²) in [5.74, 6) is 0.256. The van der Waals surface area contributed by atoms with E-state index < -0.39 is 5.97 Å². The number of anilines is 2. The first kappa shape index (κ1) is 10.7. The van der Waals surface area contributed by atoms with Crippen LogP contribution in [-0.4, -0.2) is 22.1 Å². The van der Waals surface area contributed by atoms with E-state index in [0.717, 1.165) is 12.8 Å². The van der Waals surface area contributed by atoms with Crippen LogP contribution in [0.1, 0.15) is 30.1 Å². The van der Waals surface area contributed by atoms with Crippen molar-refractivity contribution >= 4 is 17.5 Å². The Morgan fingerprint density at radius 3 is 3.06 bits per heavy atom. The van der Waals surface area contributed by atoms with Crippen molar-refractivity contribution in [1.29, 1.82) is 0 Å². The molecule has 0 spiro atoms. The van der Waals surface area contributed by atoms with Crippen molar-refractivity contribution in [2.75, 3.05) is 11.1 Å². The topological polar surface area (TPSA) is 88.2 Å². The number of hydrogen-bond acceptors (Lipinski definition) is 4. The Bertz CT molecular complexity index is 420. The van der Waals surface area contributed by atoms with Crippen LogP contribution in [0.3, 0.4) is 0 Å². The second-order valence-electron chi connectivity index (χ2n) is 4.12. The number of pyridine rings is 1. The van der Waals surface area contributed by atoms with Gasteiger partial charge in [0.1, 0.15) is 5.82 Å². The predicted octanol–water partition coefficient (Wildman–Crippen LogP) is 1.57. The highest BCUT2D eigenvalue weighted by Crippen LogP contribution is 2.35. The molecule has 0 aromatic carbocycles. The Hall–Kier alpha value is -1.78. The van der Waals surface area contributed by atoms with Crippen LogP contribution in [0.2, 0.25) is 0 Å². The van der Waals surface area contributed by atoms with E-state index in [0.29, 0.717) is 17.8 Å². The average Bonchev–Trinajstić information content (AvgIpc) is 2.99. The maximum absolute atomic E-state index is 10.9. The first-order chi connectivity index (χ1) is 7.61. The average molecular weight is 221 g/mol. The third kappa shape index (κ3) is 2.08. The summed E-state index contributed by atoms with van der Waals surface area (Å²) in [6, 6.07) is 1.92. The second kappa shape index (κ2) is 4.00. The summed E-state index contributed by atoms with van der Waals surface area (Å²) in [4.78, 5) is 14.9. The molecule has 1 aliphatic carbocycles. The van der Waals surface area contributed by atoms with Gasteiger partial charge in [-0.15, -0.1) is 0 Å². The fourth-order valence-electron chi connectivity index (χ4n) is 1.80. The first-order valence-electron chi connectivity index (χ1n) is 5.37. The molecule has 1 fully saturated rings. The van der Waals surface area contributed by atoms with E-state index in [1.54, 1.807) is 0 Å². The van der Waals surface area contributed by atoms with Crippen molar-refractivity contribution in [3.8, 4) is 0 Å². The molecule has 1 saturated carbocycles. The highest BCUT2D eigenvalue weighted by molar-refractivity contribution is 5.94. The first-order valence-corrected chi connectivity index (χ1v) is 5.37. The van der Waals surface area contributed by atoms with E-state index in [4.69, 9.17) is 10.8 Å². The molecule has 86 valence electrons. The molecule has 1 aliphatic rings. The Morgan fingerprint density at radius 2 is 2.50 bits per heavy atom. The molecule has 16 heavy (non-hydrogen) atoms. The molecule has 1 aromatic heterocycles. The molecule has 1 aromatic rings. The van der Waals surface area contributed by atoms with Gasteiger partial charge in [0.15, 0.2) is 0 Å². The molecule has 0 bridgehead atoms. The predicted molar refractivity (Wildman–Crippen MR) is 61.4 cm³/mol. The maximum atomic E-state index is 10.9. The number of hydrogen-bond donors (Lipinski definition) is 3. The largest absolute Gasteiger partial charge is 0.478 e. The van der Waals surface area contributed by atoms with Gasteiger partial charge in [-0.2, -0.15) is 0 Å². The summed E-state index contributed by atoms with van der Waals surface area (Å²) in [5, 5.41) is 12.1. The van der Waals surface area contributed by atoms with Gasteiger partial charge in [-0.25, -0.2) is 9.78 Å². The minimum Gasteiger partial charge on any atom is -0.478 e. The second-order valence-corrected chi connectivity index (χ2v) is 4.12. The zero-order chi connectivity index (χ0) is 11.7. The molecular formula is C11H15N3O2. The quantitative estimate of drug-likeness (QED) is 0.718. The lowest BCUT2D eigenvalue weighted by atomic mass is 10.2. The van der Waals surface area contributed by atoms with Crippen molar-refractivity contribution in [2.45, 2.75) is 25.8 Å². The molecule has 4 N–H and O–H groups in total. The van der Waals surface area contributed by atoms with Crippen molar-refractivity contribution in [3.63, 3.8) is 0 Å². The van der Waals surface area contributed by atoms with Crippen LogP contribution in [0.4, 0.5) is 11.5 Å². The Morgan fingerprint density at radius 1 is 1.75 bits per heavy atom. The van der Waals surface area contributed by atoms with Crippen molar-refractivity contribution in [2.24, 2.45) is 5.92 Å². The van der Waals surface area contributed by atoms with E-state index >= 15 is 0 Å². The zero-order valence-electron chi connectivity index (χ0n) is 9.10. The van der Waals surface area contributed by atoms with Crippen LogP contribution in [0, 0.1) is 5.92 Å². The number of rotatable bonds is 4. The van der Waals surface area contributed by atoms with Crippen LogP contribution in [0.5, 0.6) is 0 Å². The molecule has 2 rings (SSSR count). The molecule has 0 saturated heterocycles. The standard InChI is InChI=1S/C11H15N3O2/c1-2-6-3-9(6)14-10-4-7(11(15)16)8(12)5-13-10/h4-6,9H,2-3,12H2,1H3,(H,13,14)(H,15,16). The van der Waals surface area contributed by atoms with Crippen molar-refractivity contribution in [3.05, 3.63) is 17.8 Å². The van der Waals surface area contributed by atoms with Gasteiger partial charge in [0.2, 0.25) is 0 Å². The van der Waals surface area contributed by atoms with Gasteiger partial charge >= 0.3 is 5.97 Å². The summed E-state index contributed by atoms with van der Waals surface area (Å²) >= 11 is 0. The fraction of sp³-hybridized carbons (Fsp3) is 0.455. The van der Waals surface area contributed by atoms with E-state index in [1.165, 1.54) is 12.3 Å². The van der Waals surface area contributed by atoms with Crippen LogP contribution in [0.25, 0.3) is 0 Å². The molecule has 2 unspecified atom stereocenters. The van der Waals surface area contributed by atoms with E-state index in [1.807, 2.05) is 0 Å². The zero-order valence-corrected chi connectivity index (χ0v) is 9.10. The molecule has 0 aliphatic heterocycles. The normalized spacial score (nSPS) is 22.8. The van der Waals surface area contributed by atoms with Gasteiger partial charge in [0.05, 0.1) is 17.4 Å². The lowest BCUT2D eigenvalue weighted by Crippen LogP contribution is -2.09. The summed E-state index contributed by atoms with van der Waals surface area (Å²) < 4.78 is 0. The number of carbonyl (C=O) groups is 1. The number of nitrogens with one attached hydrogen (secondary N) is 1. The number of nitrogens with two attached hydrogens (primary N) is 1. The van der Waals surface area contributed by atoms with Gasteiger partial charge in [0.25, 0.3) is 0 Å². The third-order valence-electron chi connectivity index (χ3n) is 2.95. The SMILES string of the molecule is CCC1CC1Nc1cc(C(=O)O)c(N)cn1. The van der Waals surface area contributed by atoms with Crippen LogP contribution >= 0.6 is 0 Å².